The molecule has 0 aliphatic carbocycles. The smallest absolute Gasteiger partial charge is 0.308 e. The molecule has 0 radical (unpaired) electrons. The van der Waals surface area contributed by atoms with Gasteiger partial charge in [-0.15, -0.1) is 0 Å². The molecule has 1 aromatic heterocycles. The molecule has 0 aliphatic rings. The van der Waals surface area contributed by atoms with Crippen molar-refractivity contribution >= 4 is 11.9 Å². The van der Waals surface area contributed by atoms with Crippen LogP contribution in [0.5, 0.6) is 0 Å². The highest BCUT2D eigenvalue weighted by Gasteiger charge is 2.14. The Morgan fingerprint density at radius 3 is 2.71 bits per heavy atom. The number of carboxylic acids is 1. The van der Waals surface area contributed by atoms with Gasteiger partial charge >= 0.3 is 5.97 Å². The zero-order valence-corrected chi connectivity index (χ0v) is 9.64. The fraction of sp³-hybridized carbons (Fsp3) is 0.364. The van der Waals surface area contributed by atoms with E-state index in [0.29, 0.717) is 0 Å². The molecule has 1 aromatic rings. The Morgan fingerprint density at radius 2 is 2.12 bits per heavy atom. The number of hydrogen-bond donors (Lipinski definition) is 2. The molecule has 1 unspecified atom stereocenters. The van der Waals surface area contributed by atoms with Crippen molar-refractivity contribution in [2.45, 2.75) is 6.92 Å². The highest BCUT2D eigenvalue weighted by molar-refractivity contribution is 5.92. The Hall–Kier alpha value is -2.11. The lowest BCUT2D eigenvalue weighted by Gasteiger charge is -2.10. The van der Waals surface area contributed by atoms with Crippen molar-refractivity contribution in [3.63, 3.8) is 0 Å². The van der Waals surface area contributed by atoms with Crippen LogP contribution in [0.25, 0.3) is 0 Å². The largest absolute Gasteiger partial charge is 0.481 e. The van der Waals surface area contributed by atoms with Crippen LogP contribution in [0.2, 0.25) is 0 Å². The Kier molecular flexibility index (Phi) is 4.03. The van der Waals surface area contributed by atoms with Crippen LogP contribution < -0.4 is 10.9 Å². The van der Waals surface area contributed by atoms with Gasteiger partial charge in [-0.1, -0.05) is 13.0 Å². The molecule has 1 rings (SSSR count). The quantitative estimate of drug-likeness (QED) is 0.762. The summed E-state index contributed by atoms with van der Waals surface area (Å²) in [5.41, 5.74) is -0.0842. The Bertz CT molecular complexity index is 492. The molecule has 0 fully saturated rings. The maximum absolute atomic E-state index is 11.7. The van der Waals surface area contributed by atoms with Gasteiger partial charge in [0.05, 0.1) is 5.92 Å². The number of hydrogen-bond acceptors (Lipinski definition) is 3. The monoisotopic (exact) mass is 238 g/mol. The van der Waals surface area contributed by atoms with E-state index in [1.807, 2.05) is 0 Å². The van der Waals surface area contributed by atoms with Crippen LogP contribution in [0.1, 0.15) is 17.4 Å². The first kappa shape index (κ1) is 13.0. The second-order valence-electron chi connectivity index (χ2n) is 3.76. The van der Waals surface area contributed by atoms with E-state index in [2.05, 4.69) is 5.32 Å². The predicted molar refractivity (Wildman–Crippen MR) is 60.8 cm³/mol. The molecule has 6 nitrogen and oxygen atoms in total. The van der Waals surface area contributed by atoms with Gasteiger partial charge in [-0.2, -0.15) is 0 Å². The van der Waals surface area contributed by atoms with E-state index in [0.717, 1.165) is 0 Å². The number of nitrogens with one attached hydrogen (secondary N) is 1. The molecule has 0 spiro atoms. The number of carboxylic acid groups (broad SMARTS) is 1. The van der Waals surface area contributed by atoms with Gasteiger partial charge in [0.1, 0.15) is 5.69 Å². The summed E-state index contributed by atoms with van der Waals surface area (Å²) in [5.74, 6) is -2.11. The van der Waals surface area contributed by atoms with Crippen LogP contribution in [0.15, 0.2) is 23.0 Å². The van der Waals surface area contributed by atoms with Crippen molar-refractivity contribution in [2.24, 2.45) is 13.0 Å². The second kappa shape index (κ2) is 5.29. The number of rotatable bonds is 4. The minimum absolute atomic E-state index is 0.0251. The highest BCUT2D eigenvalue weighted by Crippen LogP contribution is 1.96. The van der Waals surface area contributed by atoms with Gasteiger partial charge in [-0.05, 0) is 6.07 Å². The first-order valence-electron chi connectivity index (χ1n) is 5.10. The zero-order valence-electron chi connectivity index (χ0n) is 9.64. The van der Waals surface area contributed by atoms with Gasteiger partial charge < -0.3 is 15.0 Å². The summed E-state index contributed by atoms with van der Waals surface area (Å²) in [7, 11) is 1.48. The van der Waals surface area contributed by atoms with E-state index in [1.165, 1.54) is 36.7 Å². The number of carbonyl (C=O) groups is 2. The molecule has 0 aliphatic heterocycles. The molecule has 1 heterocycles. The molecule has 0 bridgehead atoms. The van der Waals surface area contributed by atoms with Crippen molar-refractivity contribution in [2.75, 3.05) is 6.54 Å². The van der Waals surface area contributed by atoms with Crippen molar-refractivity contribution in [3.8, 4) is 0 Å². The summed E-state index contributed by atoms with van der Waals surface area (Å²) < 4.78 is 1.21. The maximum atomic E-state index is 11.7. The van der Waals surface area contributed by atoms with Gasteiger partial charge in [-0.25, -0.2) is 0 Å². The minimum atomic E-state index is -0.979. The zero-order chi connectivity index (χ0) is 13.0. The normalized spacial score (nSPS) is 11.9. The maximum Gasteiger partial charge on any atom is 0.308 e. The average Bonchev–Trinajstić information content (AvgIpc) is 2.29. The predicted octanol–water partition coefficient (Wildman–Crippen LogP) is -0.164. The molecule has 17 heavy (non-hydrogen) atoms. The summed E-state index contributed by atoms with van der Waals surface area (Å²) >= 11 is 0. The minimum Gasteiger partial charge on any atom is -0.481 e. The van der Waals surface area contributed by atoms with Crippen molar-refractivity contribution < 1.29 is 14.7 Å². The molecule has 0 aromatic carbocycles. The molecule has 0 saturated carbocycles. The molecule has 0 saturated heterocycles. The summed E-state index contributed by atoms with van der Waals surface area (Å²) in [5, 5.41) is 11.1. The standard InChI is InChI=1S/C11H14N2O4/c1-7(11(16)17)6-12-10(15)8-4-3-5-9(14)13(8)2/h3-5,7H,6H2,1-2H3,(H,12,15)(H,16,17). The molecule has 92 valence electrons. The van der Waals surface area contributed by atoms with E-state index in [4.69, 9.17) is 5.11 Å². The highest BCUT2D eigenvalue weighted by atomic mass is 16.4. The number of aromatic nitrogens is 1. The van der Waals surface area contributed by atoms with Gasteiger partial charge in [0.25, 0.3) is 11.5 Å². The summed E-state index contributed by atoms with van der Waals surface area (Å²) in [6, 6.07) is 4.33. The number of nitrogens with zero attached hydrogens (tertiary/aromatic N) is 1. The summed E-state index contributed by atoms with van der Waals surface area (Å²) in [6.45, 7) is 1.52. The van der Waals surface area contributed by atoms with Crippen LogP contribution in [-0.2, 0) is 11.8 Å². The second-order valence-corrected chi connectivity index (χ2v) is 3.76. The molecule has 2 N–H and O–H groups in total. The third-order valence-corrected chi connectivity index (χ3v) is 2.41. The molecule has 6 heteroatoms. The number of amides is 1. The van der Waals surface area contributed by atoms with E-state index >= 15 is 0 Å². The topological polar surface area (TPSA) is 88.4 Å². The lowest BCUT2D eigenvalue weighted by Crippen LogP contribution is -2.34. The lowest BCUT2D eigenvalue weighted by atomic mass is 10.2. The summed E-state index contributed by atoms with van der Waals surface area (Å²) in [4.78, 5) is 33.5. The van der Waals surface area contributed by atoms with E-state index in [1.54, 1.807) is 0 Å². The third kappa shape index (κ3) is 3.17. The van der Waals surface area contributed by atoms with Crippen LogP contribution in [0.3, 0.4) is 0 Å². The molecule has 1 atom stereocenters. The Morgan fingerprint density at radius 1 is 1.47 bits per heavy atom. The van der Waals surface area contributed by atoms with Crippen molar-refractivity contribution in [3.05, 3.63) is 34.2 Å². The SMILES string of the molecule is CC(CNC(=O)c1cccc(=O)n1C)C(=O)O. The van der Waals surface area contributed by atoms with Crippen LogP contribution in [0, 0.1) is 5.92 Å². The van der Waals surface area contributed by atoms with Gasteiger partial charge in [0, 0.05) is 19.7 Å². The Labute approximate surface area is 97.9 Å². The van der Waals surface area contributed by atoms with Crippen molar-refractivity contribution in [1.29, 1.82) is 0 Å². The Balaban J connectivity index is 2.74. The first-order chi connectivity index (χ1) is 7.93. The van der Waals surface area contributed by atoms with E-state index in [9.17, 15) is 14.4 Å². The number of aliphatic carboxylic acids is 1. The summed E-state index contributed by atoms with van der Waals surface area (Å²) in [6.07, 6.45) is 0. The molecule has 1 amide bonds. The fourth-order valence-corrected chi connectivity index (χ4v) is 1.22. The van der Waals surface area contributed by atoms with Crippen LogP contribution in [0.4, 0.5) is 0 Å². The van der Waals surface area contributed by atoms with E-state index in [-0.39, 0.29) is 17.8 Å². The fourth-order valence-electron chi connectivity index (χ4n) is 1.22. The molecular formula is C11H14N2O4. The van der Waals surface area contributed by atoms with E-state index < -0.39 is 17.8 Å². The number of carbonyl (C=O) groups excluding carboxylic acids is 1. The van der Waals surface area contributed by atoms with Crippen LogP contribution >= 0.6 is 0 Å². The average molecular weight is 238 g/mol. The van der Waals surface area contributed by atoms with Gasteiger partial charge in [-0.3, -0.25) is 14.4 Å². The third-order valence-electron chi connectivity index (χ3n) is 2.41. The van der Waals surface area contributed by atoms with Crippen molar-refractivity contribution in [1.82, 2.24) is 9.88 Å². The first-order valence-corrected chi connectivity index (χ1v) is 5.10. The van der Waals surface area contributed by atoms with Crippen LogP contribution in [-0.4, -0.2) is 28.1 Å². The number of pyridine rings is 1. The van der Waals surface area contributed by atoms with Gasteiger partial charge in [0.2, 0.25) is 0 Å². The van der Waals surface area contributed by atoms with Gasteiger partial charge in [0.15, 0.2) is 0 Å². The molecular weight excluding hydrogens is 224 g/mol. The lowest BCUT2D eigenvalue weighted by molar-refractivity contribution is -0.140.